The second-order valence-electron chi connectivity index (χ2n) is 3.26. The fraction of sp³-hybridized carbons (Fsp3) is 0.500. The lowest BCUT2D eigenvalue weighted by atomic mass is 10.1. The predicted octanol–water partition coefficient (Wildman–Crippen LogP) is 0.751. The Hall–Kier alpha value is -1.29. The Morgan fingerprint density at radius 1 is 1.64 bits per heavy atom. The normalized spacial score (nSPS) is 12.4. The minimum atomic E-state index is -0.0186. The second kappa shape index (κ2) is 5.44. The molecule has 1 atom stereocenters. The first-order valence-electron chi connectivity index (χ1n) is 4.68. The molecule has 0 spiro atoms. The average molecular weight is 196 g/mol. The summed E-state index contributed by atoms with van der Waals surface area (Å²) in [6, 6.07) is 3.64. The van der Waals surface area contributed by atoms with Gasteiger partial charge in [0.05, 0.1) is 12.8 Å². The van der Waals surface area contributed by atoms with Crippen molar-refractivity contribution in [3.63, 3.8) is 0 Å². The Morgan fingerprint density at radius 3 is 3.00 bits per heavy atom. The van der Waals surface area contributed by atoms with E-state index in [1.54, 1.807) is 12.3 Å². The first-order valence-corrected chi connectivity index (χ1v) is 4.68. The van der Waals surface area contributed by atoms with E-state index >= 15 is 0 Å². The molecule has 1 aromatic heterocycles. The SMILES string of the molecule is CNCC(C)C(=O)NCc1ccco1. The van der Waals surface area contributed by atoms with Crippen LogP contribution in [0.5, 0.6) is 0 Å². The fourth-order valence-electron chi connectivity index (χ4n) is 1.16. The highest BCUT2D eigenvalue weighted by Crippen LogP contribution is 2.00. The molecular weight excluding hydrogens is 180 g/mol. The largest absolute Gasteiger partial charge is 0.467 e. The zero-order chi connectivity index (χ0) is 10.4. The summed E-state index contributed by atoms with van der Waals surface area (Å²) in [6.45, 7) is 3.03. The minimum absolute atomic E-state index is 0.0186. The zero-order valence-electron chi connectivity index (χ0n) is 8.54. The van der Waals surface area contributed by atoms with Crippen LogP contribution < -0.4 is 10.6 Å². The standard InChI is InChI=1S/C10H16N2O2/c1-8(6-11-2)10(13)12-7-9-4-3-5-14-9/h3-5,8,11H,6-7H2,1-2H3,(H,12,13). The molecule has 1 aromatic rings. The maximum Gasteiger partial charge on any atom is 0.224 e. The quantitative estimate of drug-likeness (QED) is 0.730. The van der Waals surface area contributed by atoms with Gasteiger partial charge in [0.15, 0.2) is 0 Å². The van der Waals surface area contributed by atoms with Crippen molar-refractivity contribution in [1.29, 1.82) is 0 Å². The van der Waals surface area contributed by atoms with Gasteiger partial charge in [-0.05, 0) is 19.2 Å². The van der Waals surface area contributed by atoms with E-state index in [0.717, 1.165) is 5.76 Å². The minimum Gasteiger partial charge on any atom is -0.467 e. The predicted molar refractivity (Wildman–Crippen MR) is 53.6 cm³/mol. The van der Waals surface area contributed by atoms with E-state index < -0.39 is 0 Å². The molecule has 1 unspecified atom stereocenters. The second-order valence-corrected chi connectivity index (χ2v) is 3.26. The van der Waals surface area contributed by atoms with Crippen molar-refractivity contribution in [2.45, 2.75) is 13.5 Å². The summed E-state index contributed by atoms with van der Waals surface area (Å²) in [5, 5.41) is 5.75. The van der Waals surface area contributed by atoms with E-state index in [1.165, 1.54) is 0 Å². The van der Waals surface area contributed by atoms with E-state index in [9.17, 15) is 4.79 Å². The van der Waals surface area contributed by atoms with Crippen LogP contribution in [0.15, 0.2) is 22.8 Å². The number of rotatable bonds is 5. The molecule has 0 fully saturated rings. The molecule has 14 heavy (non-hydrogen) atoms. The molecule has 0 aromatic carbocycles. The van der Waals surface area contributed by atoms with Crippen LogP contribution in [0.2, 0.25) is 0 Å². The van der Waals surface area contributed by atoms with Crippen LogP contribution in [0.25, 0.3) is 0 Å². The Bertz CT molecular complexity index is 270. The highest BCUT2D eigenvalue weighted by Gasteiger charge is 2.11. The van der Waals surface area contributed by atoms with Gasteiger partial charge >= 0.3 is 0 Å². The van der Waals surface area contributed by atoms with E-state index in [0.29, 0.717) is 13.1 Å². The first-order chi connectivity index (χ1) is 6.74. The summed E-state index contributed by atoms with van der Waals surface area (Å²) >= 11 is 0. The number of carbonyl (C=O) groups is 1. The zero-order valence-corrected chi connectivity index (χ0v) is 8.54. The van der Waals surface area contributed by atoms with E-state index in [4.69, 9.17) is 4.42 Å². The Morgan fingerprint density at radius 2 is 2.43 bits per heavy atom. The van der Waals surface area contributed by atoms with Crippen molar-refractivity contribution in [3.8, 4) is 0 Å². The lowest BCUT2D eigenvalue weighted by Gasteiger charge is -2.10. The summed E-state index contributed by atoms with van der Waals surface area (Å²) in [6.07, 6.45) is 1.60. The van der Waals surface area contributed by atoms with Gasteiger partial charge in [0.2, 0.25) is 5.91 Å². The first kappa shape index (κ1) is 10.8. The van der Waals surface area contributed by atoms with Gasteiger partial charge < -0.3 is 15.1 Å². The number of carbonyl (C=O) groups excluding carboxylic acids is 1. The lowest BCUT2D eigenvalue weighted by Crippen LogP contribution is -2.33. The third-order valence-electron chi connectivity index (χ3n) is 1.97. The average Bonchev–Trinajstić information content (AvgIpc) is 2.67. The summed E-state index contributed by atoms with van der Waals surface area (Å²) in [4.78, 5) is 11.4. The summed E-state index contributed by atoms with van der Waals surface area (Å²) < 4.78 is 5.09. The van der Waals surface area contributed by atoms with Gasteiger partial charge in [-0.1, -0.05) is 6.92 Å². The molecule has 1 rings (SSSR count). The van der Waals surface area contributed by atoms with Crippen molar-refractivity contribution in [1.82, 2.24) is 10.6 Å². The van der Waals surface area contributed by atoms with Gasteiger partial charge in [0.25, 0.3) is 0 Å². The Kier molecular flexibility index (Phi) is 4.19. The molecule has 0 aliphatic rings. The molecule has 0 saturated heterocycles. The summed E-state index contributed by atoms with van der Waals surface area (Å²) in [5.41, 5.74) is 0. The van der Waals surface area contributed by atoms with Gasteiger partial charge in [-0.15, -0.1) is 0 Å². The van der Waals surface area contributed by atoms with Crippen molar-refractivity contribution in [2.75, 3.05) is 13.6 Å². The van der Waals surface area contributed by atoms with E-state index in [2.05, 4.69) is 10.6 Å². The summed E-state index contributed by atoms with van der Waals surface area (Å²) in [7, 11) is 1.83. The monoisotopic (exact) mass is 196 g/mol. The molecule has 0 radical (unpaired) electrons. The van der Waals surface area contributed by atoms with Crippen molar-refractivity contribution in [3.05, 3.63) is 24.2 Å². The van der Waals surface area contributed by atoms with Crippen LogP contribution in [0, 0.1) is 5.92 Å². The Labute approximate surface area is 83.7 Å². The van der Waals surface area contributed by atoms with Crippen LogP contribution >= 0.6 is 0 Å². The number of nitrogens with one attached hydrogen (secondary N) is 2. The molecule has 2 N–H and O–H groups in total. The van der Waals surface area contributed by atoms with Crippen LogP contribution in [0.4, 0.5) is 0 Å². The maximum absolute atomic E-state index is 11.4. The van der Waals surface area contributed by atoms with Gasteiger partial charge in [-0.25, -0.2) is 0 Å². The topological polar surface area (TPSA) is 54.3 Å². The maximum atomic E-state index is 11.4. The molecule has 0 saturated carbocycles. The Balaban J connectivity index is 2.27. The van der Waals surface area contributed by atoms with Crippen molar-refractivity contribution >= 4 is 5.91 Å². The van der Waals surface area contributed by atoms with Gasteiger partial charge in [0.1, 0.15) is 5.76 Å². The van der Waals surface area contributed by atoms with Gasteiger partial charge in [0, 0.05) is 12.5 Å². The number of amides is 1. The smallest absolute Gasteiger partial charge is 0.224 e. The number of hydrogen-bond acceptors (Lipinski definition) is 3. The third-order valence-corrected chi connectivity index (χ3v) is 1.97. The molecule has 4 heteroatoms. The van der Waals surface area contributed by atoms with Crippen molar-refractivity contribution < 1.29 is 9.21 Å². The highest BCUT2D eigenvalue weighted by atomic mass is 16.3. The van der Waals surface area contributed by atoms with E-state index in [-0.39, 0.29) is 11.8 Å². The number of hydrogen-bond donors (Lipinski definition) is 2. The molecular formula is C10H16N2O2. The molecule has 1 heterocycles. The fourth-order valence-corrected chi connectivity index (χ4v) is 1.16. The van der Waals surface area contributed by atoms with E-state index in [1.807, 2.05) is 20.0 Å². The highest BCUT2D eigenvalue weighted by molar-refractivity contribution is 5.78. The molecule has 78 valence electrons. The number of furan rings is 1. The van der Waals surface area contributed by atoms with Crippen molar-refractivity contribution in [2.24, 2.45) is 5.92 Å². The molecule has 0 aliphatic heterocycles. The molecule has 4 nitrogen and oxygen atoms in total. The van der Waals surface area contributed by atoms with Crippen LogP contribution in [-0.4, -0.2) is 19.5 Å². The van der Waals surface area contributed by atoms with Crippen LogP contribution in [0.3, 0.4) is 0 Å². The third kappa shape index (κ3) is 3.22. The lowest BCUT2D eigenvalue weighted by molar-refractivity contribution is -0.124. The molecule has 0 bridgehead atoms. The van der Waals surface area contributed by atoms with Crippen LogP contribution in [0.1, 0.15) is 12.7 Å². The molecule has 1 amide bonds. The van der Waals surface area contributed by atoms with Gasteiger partial charge in [-0.3, -0.25) is 4.79 Å². The van der Waals surface area contributed by atoms with Gasteiger partial charge in [-0.2, -0.15) is 0 Å². The summed E-state index contributed by atoms with van der Waals surface area (Å²) in [5.74, 6) is 0.792. The van der Waals surface area contributed by atoms with Crippen LogP contribution in [-0.2, 0) is 11.3 Å². The molecule has 0 aliphatic carbocycles.